The number of ketones is 2. The minimum Gasteiger partial charge on any atom is -0.378 e. The van der Waals surface area contributed by atoms with Crippen LogP contribution in [0.1, 0.15) is 20.8 Å². The van der Waals surface area contributed by atoms with E-state index in [0.29, 0.717) is 0 Å². The van der Waals surface area contributed by atoms with Gasteiger partial charge >= 0.3 is 10.1 Å². The number of rotatable bonds is 3. The molecule has 0 aromatic heterocycles. The quantitative estimate of drug-likeness (QED) is 0.557. The minimum absolute atomic E-state index is 0.103. The van der Waals surface area contributed by atoms with E-state index in [1.54, 1.807) is 13.8 Å². The van der Waals surface area contributed by atoms with Crippen LogP contribution in [0.5, 0.6) is 0 Å². The molecule has 0 radical (unpaired) electrons. The molecule has 0 amide bonds. The Morgan fingerprint density at radius 3 is 2.18 bits per heavy atom. The van der Waals surface area contributed by atoms with Gasteiger partial charge in [-0.3, -0.25) is 9.59 Å². The molecule has 0 heterocycles. The maximum absolute atomic E-state index is 11.8. The maximum atomic E-state index is 11.8. The Morgan fingerprint density at radius 1 is 1.24 bits per heavy atom. The number of Topliss-reactive ketones (excluding diaryl/α,β-unsaturated/α-hetero) is 1. The molecule has 0 fully saturated rings. The fourth-order valence-electron chi connectivity index (χ4n) is 1.53. The van der Waals surface area contributed by atoms with Crippen LogP contribution in [0, 0.1) is 5.92 Å². The van der Waals surface area contributed by atoms with Crippen LogP contribution >= 0.6 is 0 Å². The predicted molar refractivity (Wildman–Crippen MR) is 61.6 cm³/mol. The largest absolute Gasteiger partial charge is 0.378 e. The van der Waals surface area contributed by atoms with Crippen LogP contribution in [0.4, 0.5) is 0 Å². The van der Waals surface area contributed by atoms with Crippen molar-refractivity contribution in [2.45, 2.75) is 20.8 Å². The van der Waals surface area contributed by atoms with Crippen LogP contribution in [0.15, 0.2) is 23.0 Å². The van der Waals surface area contributed by atoms with Crippen molar-refractivity contribution in [3.63, 3.8) is 0 Å². The molecule has 0 spiro atoms. The third-order valence-electron chi connectivity index (χ3n) is 2.23. The number of hydrogen-bond acceptors (Lipinski definition) is 5. The molecule has 0 saturated heterocycles. The lowest BCUT2D eigenvalue weighted by molar-refractivity contribution is -0.117. The summed E-state index contributed by atoms with van der Waals surface area (Å²) in [5, 5.41) is 0. The Labute approximate surface area is 100 Å². The van der Waals surface area contributed by atoms with Gasteiger partial charge in [0.2, 0.25) is 5.78 Å². The summed E-state index contributed by atoms with van der Waals surface area (Å²) in [5.41, 5.74) is 0.282. The summed E-state index contributed by atoms with van der Waals surface area (Å²) >= 11 is 0. The average molecular weight is 258 g/mol. The third kappa shape index (κ3) is 3.03. The highest BCUT2D eigenvalue weighted by Gasteiger charge is 2.31. The second-order valence-electron chi connectivity index (χ2n) is 4.21. The Kier molecular flexibility index (Phi) is 3.56. The summed E-state index contributed by atoms with van der Waals surface area (Å²) in [6.07, 6.45) is 2.04. The first-order valence-corrected chi connectivity index (χ1v) is 6.86. The lowest BCUT2D eigenvalue weighted by Gasteiger charge is -2.18. The standard InChI is InChI=1S/C11H14O5S/c1-6(2)9-8(12)5-7(3)10(13)11(9)16-17(4,14)15/h5-6H,1-4H3. The zero-order valence-electron chi connectivity index (χ0n) is 10.1. The number of allylic oxidation sites excluding steroid dienone is 3. The van der Waals surface area contributed by atoms with E-state index in [1.807, 2.05) is 0 Å². The molecule has 0 aromatic carbocycles. The number of carbonyl (C=O) groups is 2. The molecule has 1 aliphatic carbocycles. The van der Waals surface area contributed by atoms with Crippen molar-refractivity contribution >= 4 is 21.7 Å². The van der Waals surface area contributed by atoms with Gasteiger partial charge in [0.15, 0.2) is 11.5 Å². The molecule has 17 heavy (non-hydrogen) atoms. The molecule has 5 nitrogen and oxygen atoms in total. The first-order chi connectivity index (χ1) is 7.63. The highest BCUT2D eigenvalue weighted by molar-refractivity contribution is 7.86. The van der Waals surface area contributed by atoms with Gasteiger partial charge in [-0.25, -0.2) is 0 Å². The first-order valence-electron chi connectivity index (χ1n) is 5.04. The monoisotopic (exact) mass is 258 g/mol. The van der Waals surface area contributed by atoms with Gasteiger partial charge in [-0.15, -0.1) is 0 Å². The van der Waals surface area contributed by atoms with Gasteiger partial charge in [0, 0.05) is 11.1 Å². The molecule has 0 atom stereocenters. The van der Waals surface area contributed by atoms with Crippen LogP contribution in [0.25, 0.3) is 0 Å². The summed E-state index contributed by atoms with van der Waals surface area (Å²) in [6, 6.07) is 0. The molecular weight excluding hydrogens is 244 g/mol. The maximum Gasteiger partial charge on any atom is 0.306 e. The van der Waals surface area contributed by atoms with E-state index in [2.05, 4.69) is 4.18 Å². The van der Waals surface area contributed by atoms with Gasteiger partial charge in [0.1, 0.15) is 0 Å². The molecule has 0 saturated carbocycles. The molecule has 0 aliphatic heterocycles. The second kappa shape index (κ2) is 4.44. The highest BCUT2D eigenvalue weighted by Crippen LogP contribution is 2.26. The normalized spacial score (nSPS) is 17.6. The molecule has 0 unspecified atom stereocenters. The fourth-order valence-corrected chi connectivity index (χ4v) is 2.00. The lowest BCUT2D eigenvalue weighted by atomic mass is 9.89. The summed E-state index contributed by atoms with van der Waals surface area (Å²) < 4.78 is 26.8. The van der Waals surface area contributed by atoms with Gasteiger partial charge in [-0.2, -0.15) is 8.42 Å². The van der Waals surface area contributed by atoms with E-state index in [1.165, 1.54) is 13.0 Å². The van der Waals surface area contributed by atoms with Crippen molar-refractivity contribution in [3.8, 4) is 0 Å². The Morgan fingerprint density at radius 2 is 1.76 bits per heavy atom. The summed E-state index contributed by atoms with van der Waals surface area (Å²) in [5.74, 6) is -1.59. The van der Waals surface area contributed by atoms with Crippen LogP contribution in [0.3, 0.4) is 0 Å². The number of hydrogen-bond donors (Lipinski definition) is 0. The zero-order chi connectivity index (χ0) is 13.4. The van der Waals surface area contributed by atoms with Gasteiger partial charge in [-0.1, -0.05) is 13.8 Å². The Hall–Kier alpha value is -1.43. The molecule has 0 bridgehead atoms. The van der Waals surface area contributed by atoms with E-state index in [0.717, 1.165) is 6.26 Å². The van der Waals surface area contributed by atoms with Gasteiger partial charge in [0.25, 0.3) is 0 Å². The Balaban J connectivity index is 3.37. The van der Waals surface area contributed by atoms with Crippen LogP contribution < -0.4 is 0 Å². The predicted octanol–water partition coefficient (Wildman–Crippen LogP) is 0.971. The van der Waals surface area contributed by atoms with E-state index in [4.69, 9.17) is 0 Å². The first kappa shape index (κ1) is 13.6. The van der Waals surface area contributed by atoms with E-state index < -0.39 is 15.9 Å². The summed E-state index contributed by atoms with van der Waals surface area (Å²) in [4.78, 5) is 23.5. The molecule has 94 valence electrons. The topological polar surface area (TPSA) is 77.5 Å². The molecular formula is C11H14O5S. The van der Waals surface area contributed by atoms with Gasteiger partial charge in [0.05, 0.1) is 6.26 Å². The molecule has 1 aliphatic rings. The smallest absolute Gasteiger partial charge is 0.306 e. The van der Waals surface area contributed by atoms with Crippen molar-refractivity contribution in [2.75, 3.05) is 6.26 Å². The van der Waals surface area contributed by atoms with Crippen LogP contribution in [0.2, 0.25) is 0 Å². The molecule has 1 rings (SSSR count). The molecule has 0 aromatic rings. The van der Waals surface area contributed by atoms with E-state index in [-0.39, 0.29) is 28.6 Å². The van der Waals surface area contributed by atoms with Crippen molar-refractivity contribution in [1.29, 1.82) is 0 Å². The second-order valence-corrected chi connectivity index (χ2v) is 5.78. The van der Waals surface area contributed by atoms with Gasteiger partial charge in [-0.05, 0) is 18.9 Å². The van der Waals surface area contributed by atoms with Crippen molar-refractivity contribution in [3.05, 3.63) is 23.0 Å². The van der Waals surface area contributed by atoms with Crippen molar-refractivity contribution < 1.29 is 22.2 Å². The third-order valence-corrected chi connectivity index (χ3v) is 2.70. The van der Waals surface area contributed by atoms with E-state index in [9.17, 15) is 18.0 Å². The Bertz CT molecular complexity index is 534. The lowest BCUT2D eigenvalue weighted by Crippen LogP contribution is -2.24. The fraction of sp³-hybridized carbons (Fsp3) is 0.455. The summed E-state index contributed by atoms with van der Waals surface area (Å²) in [6.45, 7) is 4.84. The van der Waals surface area contributed by atoms with Crippen LogP contribution in [-0.4, -0.2) is 26.2 Å². The zero-order valence-corrected chi connectivity index (χ0v) is 10.9. The van der Waals surface area contributed by atoms with Gasteiger partial charge < -0.3 is 4.18 Å². The van der Waals surface area contributed by atoms with Crippen molar-refractivity contribution in [1.82, 2.24) is 0 Å². The molecule has 0 N–H and O–H groups in total. The molecule has 6 heteroatoms. The minimum atomic E-state index is -3.83. The number of carbonyl (C=O) groups excluding carboxylic acids is 2. The van der Waals surface area contributed by atoms with Crippen LogP contribution in [-0.2, 0) is 23.9 Å². The van der Waals surface area contributed by atoms with Crippen molar-refractivity contribution in [2.24, 2.45) is 5.92 Å². The van der Waals surface area contributed by atoms with E-state index >= 15 is 0 Å². The summed E-state index contributed by atoms with van der Waals surface area (Å²) in [7, 11) is -3.83. The highest BCUT2D eigenvalue weighted by atomic mass is 32.2. The SMILES string of the molecule is CC1=CC(=O)C(C(C)C)=C(OS(C)(=O)=O)C1=O. The average Bonchev–Trinajstić information content (AvgIpc) is 2.10.